The molecule has 106 valence electrons. The van der Waals surface area contributed by atoms with E-state index in [1.165, 1.54) is 0 Å². The summed E-state index contributed by atoms with van der Waals surface area (Å²) < 4.78 is 5.35. The van der Waals surface area contributed by atoms with Crippen LogP contribution in [0.4, 0.5) is 5.69 Å². The maximum atomic E-state index is 5.82. The van der Waals surface area contributed by atoms with Crippen molar-refractivity contribution in [2.75, 3.05) is 12.8 Å². The first kappa shape index (κ1) is 14.7. The Morgan fingerprint density at radius 1 is 1.15 bits per heavy atom. The second-order valence-corrected chi connectivity index (χ2v) is 5.60. The Morgan fingerprint density at radius 2 is 1.80 bits per heavy atom. The largest absolute Gasteiger partial charge is 0.496 e. The van der Waals surface area contributed by atoms with Gasteiger partial charge in [0.2, 0.25) is 0 Å². The Morgan fingerprint density at radius 3 is 2.40 bits per heavy atom. The number of nitrogens with two attached hydrogens (primary N) is 1. The highest BCUT2D eigenvalue weighted by Crippen LogP contribution is 2.28. The fraction of sp³-hybridized carbons (Fsp3) is 0.333. The van der Waals surface area contributed by atoms with Crippen LogP contribution in [0.5, 0.6) is 5.75 Å². The number of hydrogen-bond donors (Lipinski definition) is 1. The van der Waals surface area contributed by atoms with Gasteiger partial charge in [-0.25, -0.2) is 9.97 Å². The summed E-state index contributed by atoms with van der Waals surface area (Å²) in [5.74, 6) is 1.57. The molecule has 0 saturated heterocycles. The number of methoxy groups -OCH3 is 1. The minimum atomic E-state index is 0.732. The van der Waals surface area contributed by atoms with Crippen molar-refractivity contribution >= 4 is 17.4 Å². The molecule has 2 rings (SSSR count). The van der Waals surface area contributed by atoms with Gasteiger partial charge in [-0.2, -0.15) is 0 Å². The molecule has 1 heterocycles. The van der Waals surface area contributed by atoms with E-state index in [-0.39, 0.29) is 0 Å². The Labute approximate surface area is 123 Å². The maximum Gasteiger partial charge on any atom is 0.188 e. The van der Waals surface area contributed by atoms with Crippen LogP contribution in [0.2, 0.25) is 0 Å². The van der Waals surface area contributed by atoms with E-state index in [0.29, 0.717) is 0 Å². The summed E-state index contributed by atoms with van der Waals surface area (Å²) >= 11 is 1.59. The minimum absolute atomic E-state index is 0.732. The number of hydrogen-bond acceptors (Lipinski definition) is 5. The van der Waals surface area contributed by atoms with Crippen molar-refractivity contribution < 1.29 is 4.74 Å². The smallest absolute Gasteiger partial charge is 0.188 e. The summed E-state index contributed by atoms with van der Waals surface area (Å²) in [6.45, 7) is 6.06. The molecular weight excluding hydrogens is 270 g/mol. The van der Waals surface area contributed by atoms with Crippen LogP contribution in [-0.2, 0) is 5.75 Å². The van der Waals surface area contributed by atoms with Crippen molar-refractivity contribution in [2.24, 2.45) is 0 Å². The van der Waals surface area contributed by atoms with Crippen LogP contribution < -0.4 is 10.5 Å². The van der Waals surface area contributed by atoms with Gasteiger partial charge in [0.05, 0.1) is 7.11 Å². The molecule has 0 aliphatic rings. The summed E-state index contributed by atoms with van der Waals surface area (Å²) in [6, 6.07) is 5.65. The molecule has 1 aromatic heterocycles. The Balaban J connectivity index is 2.18. The summed E-state index contributed by atoms with van der Waals surface area (Å²) in [5.41, 5.74) is 10.8. The second-order valence-electron chi connectivity index (χ2n) is 4.66. The molecule has 0 unspecified atom stereocenters. The third-order valence-electron chi connectivity index (χ3n) is 3.27. The number of rotatable bonds is 4. The number of benzene rings is 1. The summed E-state index contributed by atoms with van der Waals surface area (Å²) in [4.78, 5) is 9.01. The fourth-order valence-electron chi connectivity index (χ4n) is 1.86. The zero-order chi connectivity index (χ0) is 14.7. The van der Waals surface area contributed by atoms with Gasteiger partial charge < -0.3 is 10.5 Å². The first-order valence-corrected chi connectivity index (χ1v) is 7.37. The van der Waals surface area contributed by atoms with Crippen LogP contribution in [0.25, 0.3) is 0 Å². The average molecular weight is 289 g/mol. The zero-order valence-corrected chi connectivity index (χ0v) is 13.0. The average Bonchev–Trinajstić information content (AvgIpc) is 2.42. The van der Waals surface area contributed by atoms with Crippen LogP contribution >= 0.6 is 11.8 Å². The van der Waals surface area contributed by atoms with Crippen molar-refractivity contribution in [3.8, 4) is 5.75 Å². The summed E-state index contributed by atoms with van der Waals surface area (Å²) in [5, 5.41) is 0.787. The molecule has 0 saturated carbocycles. The van der Waals surface area contributed by atoms with Crippen molar-refractivity contribution in [3.63, 3.8) is 0 Å². The number of anilines is 1. The number of aromatic nitrogens is 2. The lowest BCUT2D eigenvalue weighted by molar-refractivity contribution is 0.411. The Hall–Kier alpha value is -1.75. The van der Waals surface area contributed by atoms with Crippen LogP contribution in [0, 0.1) is 20.8 Å². The monoisotopic (exact) mass is 289 g/mol. The van der Waals surface area contributed by atoms with Crippen molar-refractivity contribution in [3.05, 3.63) is 40.7 Å². The molecule has 0 amide bonds. The summed E-state index contributed by atoms with van der Waals surface area (Å²) in [7, 11) is 1.66. The van der Waals surface area contributed by atoms with E-state index in [9.17, 15) is 0 Å². The lowest BCUT2D eigenvalue weighted by atomic mass is 10.2. The van der Waals surface area contributed by atoms with Gasteiger partial charge >= 0.3 is 0 Å². The van der Waals surface area contributed by atoms with E-state index in [0.717, 1.165) is 44.9 Å². The predicted octanol–water partition coefficient (Wildman–Crippen LogP) is 3.28. The molecule has 0 bridgehead atoms. The lowest BCUT2D eigenvalue weighted by Crippen LogP contribution is -1.99. The topological polar surface area (TPSA) is 61.0 Å². The van der Waals surface area contributed by atoms with Gasteiger partial charge in [0, 0.05) is 28.4 Å². The Kier molecular flexibility index (Phi) is 4.49. The van der Waals surface area contributed by atoms with E-state index in [1.54, 1.807) is 18.9 Å². The standard InChI is InChI=1S/C15H19N3OS/c1-9-10(2)17-15(18-11(9)3)20-8-12-7-13(16)5-6-14(12)19-4/h5-7H,8,16H2,1-4H3. The minimum Gasteiger partial charge on any atom is -0.496 e. The van der Waals surface area contributed by atoms with Gasteiger partial charge in [0.15, 0.2) is 5.16 Å². The molecule has 1 aromatic carbocycles. The second kappa shape index (κ2) is 6.13. The number of nitrogen functional groups attached to an aromatic ring is 1. The van der Waals surface area contributed by atoms with Crippen LogP contribution in [0.3, 0.4) is 0 Å². The zero-order valence-electron chi connectivity index (χ0n) is 12.2. The first-order chi connectivity index (χ1) is 9.51. The molecule has 0 fully saturated rings. The van der Waals surface area contributed by atoms with Gasteiger partial charge in [0.25, 0.3) is 0 Å². The van der Waals surface area contributed by atoms with Crippen LogP contribution in [0.15, 0.2) is 23.4 Å². The quantitative estimate of drug-likeness (QED) is 0.531. The highest BCUT2D eigenvalue weighted by Gasteiger charge is 2.08. The van der Waals surface area contributed by atoms with E-state index in [2.05, 4.69) is 9.97 Å². The third kappa shape index (κ3) is 3.22. The number of thioether (sulfide) groups is 1. The van der Waals surface area contributed by atoms with E-state index < -0.39 is 0 Å². The summed E-state index contributed by atoms with van der Waals surface area (Å²) in [6.07, 6.45) is 0. The molecule has 0 radical (unpaired) electrons. The molecule has 4 nitrogen and oxygen atoms in total. The van der Waals surface area contributed by atoms with E-state index >= 15 is 0 Å². The van der Waals surface area contributed by atoms with Gasteiger partial charge in [-0.1, -0.05) is 11.8 Å². The highest BCUT2D eigenvalue weighted by molar-refractivity contribution is 7.98. The van der Waals surface area contributed by atoms with E-state index in [1.807, 2.05) is 39.0 Å². The van der Waals surface area contributed by atoms with Crippen molar-refractivity contribution in [1.82, 2.24) is 9.97 Å². The molecule has 0 atom stereocenters. The number of aryl methyl sites for hydroxylation is 2. The molecular formula is C15H19N3OS. The van der Waals surface area contributed by atoms with Crippen LogP contribution in [-0.4, -0.2) is 17.1 Å². The number of ether oxygens (including phenoxy) is 1. The fourth-order valence-corrected chi connectivity index (χ4v) is 2.77. The SMILES string of the molecule is COc1ccc(N)cc1CSc1nc(C)c(C)c(C)n1. The van der Waals surface area contributed by atoms with Gasteiger partial charge in [-0.3, -0.25) is 0 Å². The van der Waals surface area contributed by atoms with Crippen LogP contribution in [0.1, 0.15) is 22.5 Å². The van der Waals surface area contributed by atoms with Crippen molar-refractivity contribution in [2.45, 2.75) is 31.7 Å². The van der Waals surface area contributed by atoms with Gasteiger partial charge in [0.1, 0.15) is 5.75 Å². The van der Waals surface area contributed by atoms with E-state index in [4.69, 9.17) is 10.5 Å². The molecule has 0 aliphatic carbocycles. The number of nitrogens with zero attached hydrogens (tertiary/aromatic N) is 2. The predicted molar refractivity (Wildman–Crippen MR) is 83.2 cm³/mol. The lowest BCUT2D eigenvalue weighted by Gasteiger charge is -2.10. The third-order valence-corrected chi connectivity index (χ3v) is 4.17. The molecule has 2 aromatic rings. The molecule has 5 heteroatoms. The van der Waals surface area contributed by atoms with Gasteiger partial charge in [-0.15, -0.1) is 0 Å². The molecule has 0 spiro atoms. The molecule has 2 N–H and O–H groups in total. The molecule has 0 aliphatic heterocycles. The Bertz CT molecular complexity index is 606. The first-order valence-electron chi connectivity index (χ1n) is 6.38. The maximum absolute atomic E-state index is 5.82. The van der Waals surface area contributed by atoms with Crippen molar-refractivity contribution in [1.29, 1.82) is 0 Å². The molecule has 20 heavy (non-hydrogen) atoms. The highest BCUT2D eigenvalue weighted by atomic mass is 32.2. The van der Waals surface area contributed by atoms with Gasteiger partial charge in [-0.05, 0) is 44.5 Å². The normalized spacial score (nSPS) is 10.6.